The van der Waals surface area contributed by atoms with Crippen LogP contribution in [0.15, 0.2) is 59.4 Å². The number of ether oxygens (including phenoxy) is 1. The molecule has 12 nitrogen and oxygen atoms in total. The van der Waals surface area contributed by atoms with E-state index in [9.17, 15) is 10.2 Å². The summed E-state index contributed by atoms with van der Waals surface area (Å²) in [5.74, 6) is 1.54. The number of nitrogens with zero attached hydrogens (tertiary/aromatic N) is 7. The van der Waals surface area contributed by atoms with E-state index >= 15 is 0 Å². The van der Waals surface area contributed by atoms with E-state index in [1.54, 1.807) is 17.0 Å². The minimum atomic E-state index is -1.24. The van der Waals surface area contributed by atoms with Crippen LogP contribution in [0.5, 0.6) is 0 Å². The Hall–Kier alpha value is -4.10. The molecule has 0 unspecified atom stereocenters. The van der Waals surface area contributed by atoms with Crippen molar-refractivity contribution in [1.82, 2.24) is 29.6 Å². The van der Waals surface area contributed by atoms with Crippen LogP contribution in [0.2, 0.25) is 0 Å². The van der Waals surface area contributed by atoms with E-state index in [4.69, 9.17) is 19.2 Å². The summed E-state index contributed by atoms with van der Waals surface area (Å²) in [5, 5.41) is 31.9. The van der Waals surface area contributed by atoms with Gasteiger partial charge in [-0.25, -0.2) is 4.98 Å². The number of rotatable bonds is 8. The van der Waals surface area contributed by atoms with Gasteiger partial charge in [-0.15, -0.1) is 0 Å². The van der Waals surface area contributed by atoms with E-state index in [1.165, 1.54) is 10.8 Å². The maximum Gasteiger partial charge on any atom is 0.229 e. The lowest BCUT2D eigenvalue weighted by atomic mass is 10.0. The van der Waals surface area contributed by atoms with Gasteiger partial charge in [-0.1, -0.05) is 54.5 Å². The Balaban J connectivity index is 1.25. The van der Waals surface area contributed by atoms with Crippen molar-refractivity contribution in [2.45, 2.75) is 56.9 Å². The standard InChI is InChI=1S/C31H36N8O4/c1-4-20-14-23(43-36-20)27-25(40)26(41)30(42-27)39-17-33-24-28(32-15-19-10-7-9-18-8-5-6-11-22(18)19)34-31(35-29(24)39)38-13-12-21(16-38)37(2)3/h5-11,14,17,21,25-27,30,40-41H,4,12-13,15-16H2,1-3H3,(H,32,34,35)/t21-,25+,26-,27-,30-/m1/s1. The van der Waals surface area contributed by atoms with Crippen molar-refractivity contribution < 1.29 is 19.5 Å². The molecule has 2 aliphatic heterocycles. The highest BCUT2D eigenvalue weighted by atomic mass is 16.6. The second kappa shape index (κ2) is 11.2. The van der Waals surface area contributed by atoms with Gasteiger partial charge in [0.1, 0.15) is 18.3 Å². The highest BCUT2D eigenvalue weighted by Crippen LogP contribution is 2.40. The van der Waals surface area contributed by atoms with Crippen LogP contribution in [0.25, 0.3) is 21.9 Å². The topological polar surface area (TPSA) is 138 Å². The summed E-state index contributed by atoms with van der Waals surface area (Å²) in [6, 6.07) is 16.7. The first-order valence-electron chi connectivity index (χ1n) is 14.7. The van der Waals surface area contributed by atoms with E-state index in [0.29, 0.717) is 47.7 Å². The molecular formula is C31H36N8O4. The highest BCUT2D eigenvalue weighted by Gasteiger charge is 2.47. The predicted octanol–water partition coefficient (Wildman–Crippen LogP) is 3.27. The van der Waals surface area contributed by atoms with E-state index in [2.05, 4.69) is 69.7 Å². The van der Waals surface area contributed by atoms with Crippen molar-refractivity contribution in [2.75, 3.05) is 37.4 Å². The molecule has 3 aromatic heterocycles. The number of aliphatic hydroxyl groups excluding tert-OH is 2. The Bertz CT molecular complexity index is 1750. The minimum absolute atomic E-state index is 0.370. The lowest BCUT2D eigenvalue weighted by Gasteiger charge is -2.22. The summed E-state index contributed by atoms with van der Waals surface area (Å²) in [6.45, 7) is 4.12. The molecule has 0 radical (unpaired) electrons. The van der Waals surface area contributed by atoms with Gasteiger partial charge in [0.2, 0.25) is 5.95 Å². The normalized spacial score (nSPS) is 24.1. The molecule has 7 rings (SSSR count). The summed E-state index contributed by atoms with van der Waals surface area (Å²) in [7, 11) is 4.17. The van der Waals surface area contributed by atoms with Gasteiger partial charge in [-0.05, 0) is 43.3 Å². The van der Waals surface area contributed by atoms with Gasteiger partial charge in [0.15, 0.2) is 29.0 Å². The van der Waals surface area contributed by atoms with Gasteiger partial charge in [-0.2, -0.15) is 9.97 Å². The number of aromatic nitrogens is 5. The zero-order valence-electron chi connectivity index (χ0n) is 24.5. The molecule has 2 saturated heterocycles. The number of hydrogen-bond acceptors (Lipinski definition) is 11. The van der Waals surface area contributed by atoms with Gasteiger partial charge in [-0.3, -0.25) is 4.57 Å². The number of imidazole rings is 1. The third kappa shape index (κ3) is 4.99. The fourth-order valence-corrected chi connectivity index (χ4v) is 6.08. The van der Waals surface area contributed by atoms with Crippen molar-refractivity contribution in [3.63, 3.8) is 0 Å². The molecule has 224 valence electrons. The highest BCUT2D eigenvalue weighted by molar-refractivity contribution is 5.87. The summed E-state index contributed by atoms with van der Waals surface area (Å²) in [6.07, 6.45) is -1.01. The average molecular weight is 585 g/mol. The molecule has 0 spiro atoms. The van der Waals surface area contributed by atoms with E-state index in [1.807, 2.05) is 19.1 Å². The lowest BCUT2D eigenvalue weighted by Crippen LogP contribution is -2.32. The quantitative estimate of drug-likeness (QED) is 0.248. The Morgan fingerprint density at radius 2 is 1.91 bits per heavy atom. The Labute approximate surface area is 248 Å². The number of fused-ring (bicyclic) bond motifs is 2. The van der Waals surface area contributed by atoms with Crippen LogP contribution in [0.3, 0.4) is 0 Å². The van der Waals surface area contributed by atoms with Crippen LogP contribution in [0, 0.1) is 0 Å². The molecule has 5 heterocycles. The average Bonchev–Trinajstić information content (AvgIpc) is 3.83. The molecule has 0 bridgehead atoms. The number of nitrogens with one attached hydrogen (secondary N) is 1. The molecule has 43 heavy (non-hydrogen) atoms. The first kappa shape index (κ1) is 27.7. The van der Waals surface area contributed by atoms with Crippen LogP contribution >= 0.6 is 0 Å². The van der Waals surface area contributed by atoms with Crippen molar-refractivity contribution in [3.05, 3.63) is 71.9 Å². The maximum absolute atomic E-state index is 11.1. The zero-order chi connectivity index (χ0) is 29.7. The van der Waals surface area contributed by atoms with Crippen LogP contribution in [0.4, 0.5) is 11.8 Å². The van der Waals surface area contributed by atoms with Crippen LogP contribution in [-0.2, 0) is 17.7 Å². The monoisotopic (exact) mass is 584 g/mol. The SMILES string of the molecule is CCc1cc([C@H]2O[C@@H](n3cnc4c(NCc5cccc6ccccc56)nc(N5CC[C@@H](N(C)C)C5)nc43)[C@H](O)[C@@H]2O)on1. The molecule has 0 amide bonds. The molecule has 12 heteroatoms. The second-order valence-electron chi connectivity index (χ2n) is 11.5. The zero-order valence-corrected chi connectivity index (χ0v) is 24.5. The maximum atomic E-state index is 11.1. The van der Waals surface area contributed by atoms with Gasteiger partial charge < -0.3 is 34.6 Å². The number of likely N-dealkylation sites (N-methyl/N-ethyl adjacent to an activating group) is 1. The number of hydrogen-bond donors (Lipinski definition) is 3. The Kier molecular flexibility index (Phi) is 7.21. The van der Waals surface area contributed by atoms with Gasteiger partial charge in [0, 0.05) is 31.7 Å². The first-order valence-corrected chi connectivity index (χ1v) is 14.7. The molecule has 2 aromatic carbocycles. The molecule has 0 aliphatic carbocycles. The minimum Gasteiger partial charge on any atom is -0.387 e. The van der Waals surface area contributed by atoms with Crippen molar-refractivity contribution >= 4 is 33.7 Å². The van der Waals surface area contributed by atoms with E-state index in [-0.39, 0.29) is 0 Å². The van der Waals surface area contributed by atoms with E-state index in [0.717, 1.165) is 30.8 Å². The third-order valence-electron chi connectivity index (χ3n) is 8.64. The summed E-state index contributed by atoms with van der Waals surface area (Å²) in [4.78, 5) is 19.0. The number of aliphatic hydroxyl groups is 2. The Morgan fingerprint density at radius 1 is 1.07 bits per heavy atom. The molecular weight excluding hydrogens is 548 g/mol. The van der Waals surface area contributed by atoms with Gasteiger partial charge in [0.05, 0.1) is 12.0 Å². The van der Waals surface area contributed by atoms with Gasteiger partial charge in [0.25, 0.3) is 0 Å². The largest absolute Gasteiger partial charge is 0.387 e. The molecule has 5 atom stereocenters. The molecule has 5 aromatic rings. The van der Waals surface area contributed by atoms with Crippen LogP contribution < -0.4 is 10.2 Å². The van der Waals surface area contributed by atoms with Crippen molar-refractivity contribution in [2.24, 2.45) is 0 Å². The van der Waals surface area contributed by atoms with Crippen molar-refractivity contribution in [3.8, 4) is 0 Å². The van der Waals surface area contributed by atoms with Crippen molar-refractivity contribution in [1.29, 1.82) is 0 Å². The number of benzene rings is 2. The van der Waals surface area contributed by atoms with Crippen LogP contribution in [0.1, 0.15) is 42.7 Å². The molecule has 3 N–H and O–H groups in total. The fraction of sp³-hybridized carbons (Fsp3) is 0.419. The molecule has 0 saturated carbocycles. The number of anilines is 2. The molecule has 2 fully saturated rings. The summed E-state index contributed by atoms with van der Waals surface area (Å²) < 4.78 is 13.3. The summed E-state index contributed by atoms with van der Waals surface area (Å²) in [5.41, 5.74) is 2.94. The third-order valence-corrected chi connectivity index (χ3v) is 8.64. The van der Waals surface area contributed by atoms with Crippen LogP contribution in [-0.4, -0.2) is 85.2 Å². The smallest absolute Gasteiger partial charge is 0.229 e. The van der Waals surface area contributed by atoms with E-state index < -0.39 is 24.5 Å². The molecule has 2 aliphatic rings. The lowest BCUT2D eigenvalue weighted by molar-refractivity contribution is -0.0434. The summed E-state index contributed by atoms with van der Waals surface area (Å²) >= 11 is 0. The first-order chi connectivity index (χ1) is 20.9. The predicted molar refractivity (Wildman–Crippen MR) is 162 cm³/mol. The van der Waals surface area contributed by atoms with Gasteiger partial charge >= 0.3 is 0 Å². The Morgan fingerprint density at radius 3 is 2.70 bits per heavy atom. The number of aryl methyl sites for hydroxylation is 1. The fourth-order valence-electron chi connectivity index (χ4n) is 6.08. The second-order valence-corrected chi connectivity index (χ2v) is 11.5.